The Morgan fingerprint density at radius 2 is 2.05 bits per heavy atom. The highest BCUT2D eigenvalue weighted by Gasteiger charge is 2.33. The second kappa shape index (κ2) is 6.04. The Morgan fingerprint density at radius 1 is 1.40 bits per heavy atom. The van der Waals surface area contributed by atoms with Crippen LogP contribution in [0.3, 0.4) is 0 Å². The van der Waals surface area contributed by atoms with Crippen LogP contribution in [-0.2, 0) is 14.4 Å². The standard InChI is InChI=1S/C13H13FN2O3S/c1-8-13(19)15-11(17)6-16(8)12(18)7-20-10-4-2-9(14)3-5-10/h2-5,8H,6-7H2,1H3,(H,15,17,19). The molecule has 2 rings (SSSR count). The number of nitrogens with zero attached hydrogens (tertiary/aromatic N) is 1. The number of piperazine rings is 1. The van der Waals surface area contributed by atoms with Crippen molar-refractivity contribution < 1.29 is 18.8 Å². The third-order valence-electron chi connectivity index (χ3n) is 2.92. The van der Waals surface area contributed by atoms with Crippen molar-refractivity contribution in [3.05, 3.63) is 30.1 Å². The number of carbonyl (C=O) groups excluding carboxylic acids is 3. The molecule has 0 aromatic heterocycles. The molecule has 0 saturated carbocycles. The molecule has 106 valence electrons. The molecule has 0 spiro atoms. The van der Waals surface area contributed by atoms with Gasteiger partial charge in [-0.2, -0.15) is 0 Å². The van der Waals surface area contributed by atoms with Crippen LogP contribution in [-0.4, -0.2) is 41.0 Å². The molecule has 1 atom stereocenters. The number of amides is 3. The third kappa shape index (κ3) is 3.36. The zero-order valence-corrected chi connectivity index (χ0v) is 11.6. The predicted molar refractivity (Wildman–Crippen MR) is 71.4 cm³/mol. The molecule has 1 aliphatic rings. The highest BCUT2D eigenvalue weighted by molar-refractivity contribution is 8.00. The zero-order chi connectivity index (χ0) is 14.7. The first-order valence-electron chi connectivity index (χ1n) is 5.99. The van der Waals surface area contributed by atoms with Gasteiger partial charge < -0.3 is 4.90 Å². The summed E-state index contributed by atoms with van der Waals surface area (Å²) < 4.78 is 12.7. The van der Waals surface area contributed by atoms with Crippen molar-refractivity contribution in [1.82, 2.24) is 10.2 Å². The van der Waals surface area contributed by atoms with Gasteiger partial charge in [-0.1, -0.05) is 0 Å². The molecule has 1 aliphatic heterocycles. The average Bonchev–Trinajstić information content (AvgIpc) is 2.42. The summed E-state index contributed by atoms with van der Waals surface area (Å²) in [5.41, 5.74) is 0. The fraction of sp³-hybridized carbons (Fsp3) is 0.308. The monoisotopic (exact) mass is 296 g/mol. The molecule has 7 heteroatoms. The molecule has 0 aliphatic carbocycles. The molecule has 1 aromatic carbocycles. The number of thioether (sulfide) groups is 1. The lowest BCUT2D eigenvalue weighted by molar-refractivity contribution is -0.148. The van der Waals surface area contributed by atoms with Crippen LogP contribution in [0.4, 0.5) is 4.39 Å². The van der Waals surface area contributed by atoms with Gasteiger partial charge in [-0.25, -0.2) is 4.39 Å². The number of hydrogen-bond donors (Lipinski definition) is 1. The first-order chi connectivity index (χ1) is 9.47. The van der Waals surface area contributed by atoms with Crippen molar-refractivity contribution in [2.75, 3.05) is 12.3 Å². The van der Waals surface area contributed by atoms with Crippen molar-refractivity contribution in [3.63, 3.8) is 0 Å². The summed E-state index contributed by atoms with van der Waals surface area (Å²) in [6.45, 7) is 1.46. The Morgan fingerprint density at radius 3 is 2.70 bits per heavy atom. The number of hydrogen-bond acceptors (Lipinski definition) is 4. The van der Waals surface area contributed by atoms with Crippen molar-refractivity contribution in [2.45, 2.75) is 17.9 Å². The molecule has 1 aromatic rings. The van der Waals surface area contributed by atoms with E-state index in [0.29, 0.717) is 0 Å². The van der Waals surface area contributed by atoms with Crippen molar-refractivity contribution in [2.24, 2.45) is 0 Å². The molecule has 1 heterocycles. The van der Waals surface area contributed by atoms with E-state index in [2.05, 4.69) is 5.32 Å². The Kier molecular flexibility index (Phi) is 4.39. The molecular formula is C13H13FN2O3S. The van der Waals surface area contributed by atoms with Gasteiger partial charge in [-0.15, -0.1) is 11.8 Å². The maximum atomic E-state index is 12.7. The summed E-state index contributed by atoms with van der Waals surface area (Å²) in [7, 11) is 0. The number of benzene rings is 1. The number of nitrogens with one attached hydrogen (secondary N) is 1. The molecule has 0 bridgehead atoms. The normalized spacial score (nSPS) is 18.9. The van der Waals surface area contributed by atoms with Crippen LogP contribution in [0, 0.1) is 5.82 Å². The number of carbonyl (C=O) groups is 3. The van der Waals surface area contributed by atoms with E-state index in [1.165, 1.54) is 28.8 Å². The summed E-state index contributed by atoms with van der Waals surface area (Å²) in [6.07, 6.45) is 0. The first kappa shape index (κ1) is 14.5. The molecule has 1 unspecified atom stereocenters. The number of imide groups is 1. The summed E-state index contributed by atoms with van der Waals surface area (Å²) in [5.74, 6) is -1.49. The number of halogens is 1. The summed E-state index contributed by atoms with van der Waals surface area (Å²) in [4.78, 5) is 36.8. The van der Waals surface area contributed by atoms with E-state index in [-0.39, 0.29) is 24.0 Å². The molecule has 1 fully saturated rings. The Balaban J connectivity index is 1.95. The number of rotatable bonds is 3. The minimum Gasteiger partial charge on any atom is -0.321 e. The van der Waals surface area contributed by atoms with Gasteiger partial charge in [0.15, 0.2) is 0 Å². The fourth-order valence-electron chi connectivity index (χ4n) is 1.78. The smallest absolute Gasteiger partial charge is 0.249 e. The Hall–Kier alpha value is -1.89. The van der Waals surface area contributed by atoms with E-state index >= 15 is 0 Å². The van der Waals surface area contributed by atoms with E-state index in [1.54, 1.807) is 19.1 Å². The summed E-state index contributed by atoms with van der Waals surface area (Å²) in [6, 6.07) is 5.12. The van der Waals surface area contributed by atoms with E-state index < -0.39 is 17.9 Å². The van der Waals surface area contributed by atoms with E-state index in [0.717, 1.165) is 4.90 Å². The molecule has 0 radical (unpaired) electrons. The maximum Gasteiger partial charge on any atom is 0.249 e. The second-order valence-electron chi connectivity index (χ2n) is 4.35. The van der Waals surface area contributed by atoms with E-state index in [1.807, 2.05) is 0 Å². The average molecular weight is 296 g/mol. The highest BCUT2D eigenvalue weighted by atomic mass is 32.2. The van der Waals surface area contributed by atoms with Gasteiger partial charge in [-0.3, -0.25) is 19.7 Å². The molecule has 1 N–H and O–H groups in total. The van der Waals surface area contributed by atoms with Gasteiger partial charge in [-0.05, 0) is 31.2 Å². The van der Waals surface area contributed by atoms with Crippen LogP contribution in [0.15, 0.2) is 29.2 Å². The van der Waals surface area contributed by atoms with Crippen LogP contribution in [0.25, 0.3) is 0 Å². The molecule has 20 heavy (non-hydrogen) atoms. The first-order valence-corrected chi connectivity index (χ1v) is 6.97. The largest absolute Gasteiger partial charge is 0.321 e. The second-order valence-corrected chi connectivity index (χ2v) is 5.40. The predicted octanol–water partition coefficient (Wildman–Crippen LogP) is 0.791. The minimum absolute atomic E-state index is 0.0938. The van der Waals surface area contributed by atoms with E-state index in [4.69, 9.17) is 0 Å². The van der Waals surface area contributed by atoms with Crippen LogP contribution in [0.5, 0.6) is 0 Å². The van der Waals surface area contributed by atoms with Crippen molar-refractivity contribution >= 4 is 29.5 Å². The minimum atomic E-state index is -0.658. The molecule has 3 amide bonds. The van der Waals surface area contributed by atoms with Crippen LogP contribution >= 0.6 is 11.8 Å². The lowest BCUT2D eigenvalue weighted by Crippen LogP contribution is -2.59. The van der Waals surface area contributed by atoms with Crippen LogP contribution < -0.4 is 5.32 Å². The molecule has 1 saturated heterocycles. The lowest BCUT2D eigenvalue weighted by atomic mass is 10.2. The van der Waals surface area contributed by atoms with Crippen LogP contribution in [0.2, 0.25) is 0 Å². The quantitative estimate of drug-likeness (QED) is 0.661. The highest BCUT2D eigenvalue weighted by Crippen LogP contribution is 2.19. The Bertz CT molecular complexity index is 547. The summed E-state index contributed by atoms with van der Waals surface area (Å²) >= 11 is 1.23. The van der Waals surface area contributed by atoms with Gasteiger partial charge in [0, 0.05) is 4.90 Å². The maximum absolute atomic E-state index is 12.7. The topological polar surface area (TPSA) is 66.5 Å². The fourth-order valence-corrected chi connectivity index (χ4v) is 2.56. The summed E-state index contributed by atoms with van der Waals surface area (Å²) in [5, 5.41) is 2.17. The van der Waals surface area contributed by atoms with Gasteiger partial charge >= 0.3 is 0 Å². The lowest BCUT2D eigenvalue weighted by Gasteiger charge is -2.31. The van der Waals surface area contributed by atoms with Crippen molar-refractivity contribution in [3.8, 4) is 0 Å². The van der Waals surface area contributed by atoms with Gasteiger partial charge in [0.25, 0.3) is 0 Å². The van der Waals surface area contributed by atoms with Gasteiger partial charge in [0.1, 0.15) is 18.4 Å². The zero-order valence-electron chi connectivity index (χ0n) is 10.8. The van der Waals surface area contributed by atoms with Gasteiger partial charge in [0.2, 0.25) is 17.7 Å². The van der Waals surface area contributed by atoms with Gasteiger partial charge in [0.05, 0.1) is 5.75 Å². The van der Waals surface area contributed by atoms with Crippen molar-refractivity contribution in [1.29, 1.82) is 0 Å². The third-order valence-corrected chi connectivity index (χ3v) is 3.92. The van der Waals surface area contributed by atoms with E-state index in [9.17, 15) is 18.8 Å². The SMILES string of the molecule is CC1C(=O)NC(=O)CN1C(=O)CSc1ccc(F)cc1. The molecular weight excluding hydrogens is 283 g/mol. The molecule has 5 nitrogen and oxygen atoms in total. The Labute approximate surface area is 119 Å². The van der Waals surface area contributed by atoms with Crippen LogP contribution in [0.1, 0.15) is 6.92 Å².